The Balaban J connectivity index is 1.74. The average Bonchev–Trinajstić information content (AvgIpc) is 3.33. The quantitative estimate of drug-likeness (QED) is 0.796. The molecule has 152 valence electrons. The Hall–Kier alpha value is -2.93. The summed E-state index contributed by atoms with van der Waals surface area (Å²) in [5.41, 5.74) is 3.39. The number of ether oxygens (including phenoxy) is 5. The van der Waals surface area contributed by atoms with E-state index in [1.54, 1.807) is 14.2 Å². The van der Waals surface area contributed by atoms with Crippen molar-refractivity contribution in [2.45, 2.75) is 18.9 Å². The number of esters is 1. The van der Waals surface area contributed by atoms with Crippen LogP contribution in [0, 0.1) is 18.8 Å². The second kappa shape index (κ2) is 6.56. The zero-order chi connectivity index (χ0) is 20.3. The van der Waals surface area contributed by atoms with E-state index in [9.17, 15) is 9.90 Å². The van der Waals surface area contributed by atoms with Crippen LogP contribution in [0.15, 0.2) is 24.3 Å². The lowest BCUT2D eigenvalue weighted by atomic mass is 9.66. The Labute approximate surface area is 168 Å². The molecule has 1 N–H and O–H groups in total. The third-order valence-electron chi connectivity index (χ3n) is 6.19. The van der Waals surface area contributed by atoms with Crippen LogP contribution in [-0.4, -0.2) is 38.7 Å². The second-order valence-electron chi connectivity index (χ2n) is 7.65. The maximum Gasteiger partial charge on any atom is 0.310 e. The Kier molecular flexibility index (Phi) is 4.10. The molecule has 2 unspecified atom stereocenters. The van der Waals surface area contributed by atoms with E-state index in [0.717, 1.165) is 22.3 Å². The molecule has 2 aromatic rings. The van der Waals surface area contributed by atoms with E-state index in [0.29, 0.717) is 23.0 Å². The number of hydrogen-bond donors (Lipinski definition) is 1. The van der Waals surface area contributed by atoms with Crippen molar-refractivity contribution in [2.24, 2.45) is 11.8 Å². The van der Waals surface area contributed by atoms with Gasteiger partial charge in [0.25, 0.3) is 0 Å². The molecule has 3 aliphatic rings. The van der Waals surface area contributed by atoms with Crippen molar-refractivity contribution >= 4 is 5.97 Å². The number of cyclic esters (lactones) is 1. The molecule has 0 radical (unpaired) electrons. The van der Waals surface area contributed by atoms with E-state index >= 15 is 0 Å². The lowest BCUT2D eigenvalue weighted by Gasteiger charge is -2.37. The third kappa shape index (κ3) is 2.57. The fraction of sp³-hybridized carbons (Fsp3) is 0.409. The molecular weight excluding hydrogens is 376 g/mol. The molecule has 5 rings (SSSR count). The summed E-state index contributed by atoms with van der Waals surface area (Å²) in [7, 11) is 3.19. The van der Waals surface area contributed by atoms with Gasteiger partial charge in [-0.2, -0.15) is 0 Å². The van der Waals surface area contributed by atoms with Crippen LogP contribution in [0.1, 0.15) is 34.3 Å². The number of benzene rings is 2. The number of fused-ring (bicyclic) bond motifs is 3. The van der Waals surface area contributed by atoms with Crippen molar-refractivity contribution in [1.82, 2.24) is 0 Å². The number of hydrogen-bond acceptors (Lipinski definition) is 7. The molecule has 1 fully saturated rings. The van der Waals surface area contributed by atoms with Crippen LogP contribution < -0.4 is 18.9 Å². The zero-order valence-electron chi connectivity index (χ0n) is 16.4. The van der Waals surface area contributed by atoms with E-state index < -0.39 is 12.0 Å². The second-order valence-corrected chi connectivity index (χ2v) is 7.65. The Morgan fingerprint density at radius 1 is 1.00 bits per heavy atom. The highest BCUT2D eigenvalue weighted by Gasteiger charge is 2.52. The molecule has 0 aromatic heterocycles. The first kappa shape index (κ1) is 18.1. The summed E-state index contributed by atoms with van der Waals surface area (Å²) in [6, 6.07) is 7.59. The number of carbonyl (C=O) groups is 1. The molecular formula is C22H22O7. The van der Waals surface area contributed by atoms with Gasteiger partial charge in [0, 0.05) is 11.8 Å². The van der Waals surface area contributed by atoms with E-state index in [-0.39, 0.29) is 31.2 Å². The first-order valence-electron chi connectivity index (χ1n) is 9.54. The number of rotatable bonds is 3. The van der Waals surface area contributed by atoms with Gasteiger partial charge in [-0.05, 0) is 47.4 Å². The lowest BCUT2D eigenvalue weighted by Crippen LogP contribution is -2.34. The van der Waals surface area contributed by atoms with Gasteiger partial charge >= 0.3 is 5.97 Å². The molecule has 29 heavy (non-hydrogen) atoms. The van der Waals surface area contributed by atoms with Crippen molar-refractivity contribution in [3.63, 3.8) is 0 Å². The van der Waals surface area contributed by atoms with Gasteiger partial charge in [-0.25, -0.2) is 0 Å². The van der Waals surface area contributed by atoms with Gasteiger partial charge in [0.1, 0.15) is 0 Å². The molecule has 2 heterocycles. The molecule has 1 aliphatic carbocycles. The molecule has 0 bridgehead atoms. The van der Waals surface area contributed by atoms with Crippen LogP contribution in [-0.2, 0) is 9.53 Å². The van der Waals surface area contributed by atoms with Gasteiger partial charge < -0.3 is 28.8 Å². The summed E-state index contributed by atoms with van der Waals surface area (Å²) in [5.74, 6) is 1.06. The van der Waals surface area contributed by atoms with Crippen molar-refractivity contribution in [3.8, 4) is 23.0 Å². The summed E-state index contributed by atoms with van der Waals surface area (Å²) in [5, 5.41) is 11.0. The summed E-state index contributed by atoms with van der Waals surface area (Å²) in [6.45, 7) is 2.28. The maximum absolute atomic E-state index is 12.7. The SMILES string of the molecule is COc1cc(C2c3cc4c(cc3C(O)[C@H]3COC(=O)[C@@H]23)OCO4)cc(C)c1OC. The van der Waals surface area contributed by atoms with Crippen molar-refractivity contribution in [1.29, 1.82) is 0 Å². The van der Waals surface area contributed by atoms with E-state index in [2.05, 4.69) is 0 Å². The maximum atomic E-state index is 12.7. The van der Waals surface area contributed by atoms with Crippen LogP contribution in [0.4, 0.5) is 0 Å². The minimum atomic E-state index is -0.812. The largest absolute Gasteiger partial charge is 0.493 e. The highest BCUT2D eigenvalue weighted by molar-refractivity contribution is 5.78. The van der Waals surface area contributed by atoms with E-state index in [1.165, 1.54) is 0 Å². The van der Waals surface area contributed by atoms with E-state index in [1.807, 2.05) is 31.2 Å². The standard InChI is InChI=1S/C22H22O7/c1-10-4-11(5-17(25-2)21(10)26-3)18-12-6-15-16(29-9-28-15)7-13(12)20(23)14-8-27-22(24)19(14)18/h4-7,14,18-20,23H,8-9H2,1-3H3/t14-,18?,19+,20?/m0/s1. The van der Waals surface area contributed by atoms with Crippen molar-refractivity contribution < 1.29 is 33.6 Å². The monoisotopic (exact) mass is 398 g/mol. The van der Waals surface area contributed by atoms with Crippen molar-refractivity contribution in [3.05, 3.63) is 46.5 Å². The fourth-order valence-corrected chi connectivity index (χ4v) is 4.89. The first-order valence-corrected chi connectivity index (χ1v) is 9.54. The van der Waals surface area contributed by atoms with Crippen LogP contribution in [0.25, 0.3) is 0 Å². The minimum Gasteiger partial charge on any atom is -0.493 e. The van der Waals surface area contributed by atoms with Crippen molar-refractivity contribution in [2.75, 3.05) is 27.6 Å². The number of methoxy groups -OCH3 is 2. The molecule has 1 saturated heterocycles. The molecule has 2 aliphatic heterocycles. The lowest BCUT2D eigenvalue weighted by molar-refractivity contribution is -0.141. The average molecular weight is 398 g/mol. The van der Waals surface area contributed by atoms with E-state index in [4.69, 9.17) is 23.7 Å². The van der Waals surface area contributed by atoms with Crippen LogP contribution in [0.3, 0.4) is 0 Å². The molecule has 7 heteroatoms. The third-order valence-corrected chi connectivity index (χ3v) is 6.19. The highest BCUT2D eigenvalue weighted by Crippen LogP contribution is 2.54. The van der Waals surface area contributed by atoms with Gasteiger partial charge in [-0.3, -0.25) is 4.79 Å². The van der Waals surface area contributed by atoms with Crippen LogP contribution >= 0.6 is 0 Å². The van der Waals surface area contributed by atoms with Gasteiger partial charge in [0.2, 0.25) is 6.79 Å². The van der Waals surface area contributed by atoms with Gasteiger partial charge in [0.05, 0.1) is 32.8 Å². The molecule has 0 amide bonds. The summed E-state index contributed by atoms with van der Waals surface area (Å²) in [6.07, 6.45) is -0.812. The molecule has 0 saturated carbocycles. The highest BCUT2D eigenvalue weighted by atomic mass is 16.7. The smallest absolute Gasteiger partial charge is 0.310 e. The first-order chi connectivity index (χ1) is 14.0. The Morgan fingerprint density at radius 2 is 1.72 bits per heavy atom. The number of aryl methyl sites for hydroxylation is 1. The number of aliphatic hydroxyl groups is 1. The molecule has 4 atom stereocenters. The summed E-state index contributed by atoms with van der Waals surface area (Å²) < 4.78 is 27.4. The minimum absolute atomic E-state index is 0.142. The normalized spacial score (nSPS) is 26.6. The van der Waals surface area contributed by atoms with Gasteiger partial charge in [-0.1, -0.05) is 6.07 Å². The van der Waals surface area contributed by atoms with Gasteiger partial charge in [-0.15, -0.1) is 0 Å². The Bertz CT molecular complexity index is 999. The Morgan fingerprint density at radius 3 is 2.41 bits per heavy atom. The predicted molar refractivity (Wildman–Crippen MR) is 102 cm³/mol. The fourth-order valence-electron chi connectivity index (χ4n) is 4.89. The molecule has 0 spiro atoms. The molecule has 2 aromatic carbocycles. The van der Waals surface area contributed by atoms with Crippen LogP contribution in [0.2, 0.25) is 0 Å². The topological polar surface area (TPSA) is 83.5 Å². The van der Waals surface area contributed by atoms with Gasteiger partial charge in [0.15, 0.2) is 23.0 Å². The number of aliphatic hydroxyl groups excluding tert-OH is 1. The summed E-state index contributed by atoms with van der Waals surface area (Å²) in [4.78, 5) is 12.7. The van der Waals surface area contributed by atoms with Crippen LogP contribution in [0.5, 0.6) is 23.0 Å². The molecule has 7 nitrogen and oxygen atoms in total. The summed E-state index contributed by atoms with van der Waals surface area (Å²) >= 11 is 0. The zero-order valence-corrected chi connectivity index (χ0v) is 16.4. The predicted octanol–water partition coefficient (Wildman–Crippen LogP) is 2.71. The number of carbonyl (C=O) groups excluding carboxylic acids is 1.